The van der Waals surface area contributed by atoms with Crippen LogP contribution in [-0.2, 0) is 18.3 Å². The van der Waals surface area contributed by atoms with Gasteiger partial charge < -0.3 is 14.1 Å². The highest BCUT2D eigenvalue weighted by molar-refractivity contribution is 5.81. The molecule has 0 spiro atoms. The van der Waals surface area contributed by atoms with Crippen LogP contribution in [0.25, 0.3) is 10.9 Å². The summed E-state index contributed by atoms with van der Waals surface area (Å²) in [5, 5.41) is 0.974. The lowest BCUT2D eigenvalue weighted by atomic mass is 10.1. The van der Waals surface area contributed by atoms with Gasteiger partial charge >= 0.3 is 0 Å². The van der Waals surface area contributed by atoms with E-state index in [1.54, 1.807) is 18.7 Å². The Hall–Kier alpha value is -2.10. The van der Waals surface area contributed by atoms with Crippen molar-refractivity contribution in [2.45, 2.75) is 19.8 Å². The molecule has 0 aliphatic carbocycles. The van der Waals surface area contributed by atoms with Gasteiger partial charge in [-0.1, -0.05) is 0 Å². The number of rotatable bonds is 4. The zero-order valence-electron chi connectivity index (χ0n) is 11.4. The van der Waals surface area contributed by atoms with Crippen molar-refractivity contribution >= 4 is 16.7 Å². The van der Waals surface area contributed by atoms with Gasteiger partial charge in [0.2, 0.25) is 0 Å². The average Bonchev–Trinajstić information content (AvgIpc) is 2.40. The van der Waals surface area contributed by atoms with Crippen LogP contribution in [0, 0.1) is 0 Å². The van der Waals surface area contributed by atoms with E-state index in [2.05, 4.69) is 0 Å². The molecule has 0 fully saturated rings. The highest BCUT2D eigenvalue weighted by atomic mass is 16.5. The summed E-state index contributed by atoms with van der Waals surface area (Å²) in [5.74, 6) is 0.816. The monoisotopic (exact) mass is 259 g/mol. The molecule has 100 valence electrons. The number of methoxy groups -OCH3 is 1. The molecule has 0 bridgehead atoms. The molecule has 0 saturated carbocycles. The van der Waals surface area contributed by atoms with Gasteiger partial charge in [0.1, 0.15) is 11.5 Å². The quantitative estimate of drug-likeness (QED) is 0.844. The van der Waals surface area contributed by atoms with Gasteiger partial charge in [0.15, 0.2) is 0 Å². The summed E-state index contributed by atoms with van der Waals surface area (Å²) in [6.45, 7) is 1.54. The fourth-order valence-corrected chi connectivity index (χ4v) is 2.13. The molecule has 1 aromatic carbocycles. The van der Waals surface area contributed by atoms with Gasteiger partial charge in [-0.2, -0.15) is 0 Å². The van der Waals surface area contributed by atoms with Crippen LogP contribution in [0.3, 0.4) is 0 Å². The lowest BCUT2D eigenvalue weighted by Gasteiger charge is -2.09. The van der Waals surface area contributed by atoms with Crippen LogP contribution >= 0.6 is 0 Å². The predicted octanol–water partition coefficient (Wildman–Crippen LogP) is 2.07. The number of aryl methyl sites for hydroxylation is 2. The minimum atomic E-state index is -0.0537. The molecular weight excluding hydrogens is 242 g/mol. The summed E-state index contributed by atoms with van der Waals surface area (Å²) < 4.78 is 6.77. The van der Waals surface area contributed by atoms with Gasteiger partial charge in [0.05, 0.1) is 12.6 Å². The molecule has 0 aliphatic heterocycles. The zero-order chi connectivity index (χ0) is 14.0. The number of hydrogen-bond acceptors (Lipinski definition) is 3. The number of ether oxygens (including phenoxy) is 1. The Morgan fingerprint density at radius 3 is 2.68 bits per heavy atom. The third-order valence-electron chi connectivity index (χ3n) is 3.25. The van der Waals surface area contributed by atoms with Crippen LogP contribution < -0.4 is 10.3 Å². The minimum absolute atomic E-state index is 0.0537. The Bertz CT molecular complexity index is 686. The number of carbonyl (C=O) groups excluding carboxylic acids is 1. The van der Waals surface area contributed by atoms with Gasteiger partial charge in [0, 0.05) is 25.1 Å². The third-order valence-corrected chi connectivity index (χ3v) is 3.25. The number of pyridine rings is 1. The summed E-state index contributed by atoms with van der Waals surface area (Å²) in [6.07, 6.45) is 0.890. The molecule has 1 aromatic heterocycles. The van der Waals surface area contributed by atoms with Gasteiger partial charge in [0.25, 0.3) is 5.56 Å². The molecule has 0 N–H and O–H groups in total. The molecule has 0 amide bonds. The van der Waals surface area contributed by atoms with Crippen molar-refractivity contribution in [3.63, 3.8) is 0 Å². The first kappa shape index (κ1) is 13.3. The fourth-order valence-electron chi connectivity index (χ4n) is 2.13. The molecule has 0 radical (unpaired) electrons. The van der Waals surface area contributed by atoms with Crippen LogP contribution in [0.5, 0.6) is 5.75 Å². The second-order valence-electron chi connectivity index (χ2n) is 4.66. The number of benzene rings is 1. The molecule has 0 aliphatic rings. The van der Waals surface area contributed by atoms with Gasteiger partial charge in [-0.05, 0) is 36.9 Å². The lowest BCUT2D eigenvalue weighted by molar-refractivity contribution is -0.116. The van der Waals surface area contributed by atoms with Crippen molar-refractivity contribution in [3.8, 4) is 5.75 Å². The number of fused-ring (bicyclic) bond motifs is 1. The Morgan fingerprint density at radius 1 is 1.32 bits per heavy atom. The summed E-state index contributed by atoms with van der Waals surface area (Å²) in [6, 6.07) is 7.48. The average molecular weight is 259 g/mol. The van der Waals surface area contributed by atoms with E-state index in [9.17, 15) is 9.59 Å². The Balaban J connectivity index is 2.55. The van der Waals surface area contributed by atoms with Gasteiger partial charge in [-0.15, -0.1) is 0 Å². The summed E-state index contributed by atoms with van der Waals surface area (Å²) >= 11 is 0. The highest BCUT2D eigenvalue weighted by Gasteiger charge is 2.08. The summed E-state index contributed by atoms with van der Waals surface area (Å²) in [4.78, 5) is 23.2. The number of hydrogen-bond donors (Lipinski definition) is 0. The molecule has 0 unspecified atom stereocenters. The van der Waals surface area contributed by atoms with Crippen molar-refractivity contribution in [1.29, 1.82) is 0 Å². The molecular formula is C15H17NO3. The summed E-state index contributed by atoms with van der Waals surface area (Å²) in [7, 11) is 3.34. The van der Waals surface area contributed by atoms with Crippen LogP contribution in [0.4, 0.5) is 0 Å². The number of Topliss-reactive ketones (excluding diaryl/α,β-unsaturated/α-hetero) is 1. The molecule has 1 heterocycles. The van der Waals surface area contributed by atoms with Crippen molar-refractivity contribution in [2.75, 3.05) is 7.11 Å². The Kier molecular flexibility index (Phi) is 3.69. The molecule has 2 rings (SSSR count). The second-order valence-corrected chi connectivity index (χ2v) is 4.66. The molecule has 4 nitrogen and oxygen atoms in total. The topological polar surface area (TPSA) is 48.3 Å². The molecule has 0 saturated heterocycles. The first-order valence-corrected chi connectivity index (χ1v) is 6.19. The first-order valence-electron chi connectivity index (χ1n) is 6.19. The standard InChI is InChI=1S/C15H17NO3/c1-10(17)4-5-12-8-11-6-7-13(19-3)9-14(11)16(2)15(12)18/h6-9H,4-5H2,1-3H3. The zero-order valence-corrected chi connectivity index (χ0v) is 11.4. The maximum atomic E-state index is 12.2. The van der Waals surface area contributed by atoms with E-state index in [0.717, 1.165) is 16.7 Å². The van der Waals surface area contributed by atoms with Crippen LogP contribution in [-0.4, -0.2) is 17.5 Å². The number of aromatic nitrogens is 1. The van der Waals surface area contributed by atoms with Gasteiger partial charge in [-0.25, -0.2) is 0 Å². The molecule has 2 aromatic rings. The smallest absolute Gasteiger partial charge is 0.253 e. The largest absolute Gasteiger partial charge is 0.497 e. The molecule has 19 heavy (non-hydrogen) atoms. The second kappa shape index (κ2) is 5.26. The van der Waals surface area contributed by atoms with E-state index in [1.165, 1.54) is 6.92 Å². The fraction of sp³-hybridized carbons (Fsp3) is 0.333. The van der Waals surface area contributed by atoms with E-state index in [0.29, 0.717) is 18.4 Å². The lowest BCUT2D eigenvalue weighted by Crippen LogP contribution is -2.21. The normalized spacial score (nSPS) is 10.7. The third kappa shape index (κ3) is 2.67. The van der Waals surface area contributed by atoms with E-state index in [1.807, 2.05) is 24.3 Å². The number of carbonyl (C=O) groups is 1. The maximum Gasteiger partial charge on any atom is 0.253 e. The van der Waals surface area contributed by atoms with Crippen LogP contribution in [0.15, 0.2) is 29.1 Å². The highest BCUT2D eigenvalue weighted by Crippen LogP contribution is 2.20. The SMILES string of the molecule is COc1ccc2cc(CCC(C)=O)c(=O)n(C)c2c1. The van der Waals surface area contributed by atoms with Crippen molar-refractivity contribution < 1.29 is 9.53 Å². The number of ketones is 1. The van der Waals surface area contributed by atoms with Gasteiger partial charge in [-0.3, -0.25) is 4.79 Å². The predicted molar refractivity (Wildman–Crippen MR) is 74.7 cm³/mol. The van der Waals surface area contributed by atoms with Crippen molar-refractivity contribution in [2.24, 2.45) is 7.05 Å². The van der Waals surface area contributed by atoms with Crippen molar-refractivity contribution in [1.82, 2.24) is 4.57 Å². The molecule has 4 heteroatoms. The van der Waals surface area contributed by atoms with Crippen LogP contribution in [0.2, 0.25) is 0 Å². The van der Waals surface area contributed by atoms with E-state index in [4.69, 9.17) is 4.74 Å². The van der Waals surface area contributed by atoms with E-state index >= 15 is 0 Å². The summed E-state index contributed by atoms with van der Waals surface area (Å²) in [5.41, 5.74) is 1.45. The van der Waals surface area contributed by atoms with E-state index < -0.39 is 0 Å². The Labute approximate surface area is 111 Å². The minimum Gasteiger partial charge on any atom is -0.497 e. The number of nitrogens with zero attached hydrogens (tertiary/aromatic N) is 1. The maximum absolute atomic E-state index is 12.2. The first-order chi connectivity index (χ1) is 9.02. The van der Waals surface area contributed by atoms with Crippen molar-refractivity contribution in [3.05, 3.63) is 40.2 Å². The molecule has 0 atom stereocenters. The van der Waals surface area contributed by atoms with Crippen LogP contribution in [0.1, 0.15) is 18.9 Å². The Morgan fingerprint density at radius 2 is 2.05 bits per heavy atom. The van der Waals surface area contributed by atoms with E-state index in [-0.39, 0.29) is 11.3 Å².